The molecule has 10 heavy (non-hydrogen) atoms. The molecule has 6 heteroatoms. The molecule has 56 valence electrons. The number of hydrazone groups is 1. The molecule has 0 unspecified atom stereocenters. The zero-order valence-electron chi connectivity index (χ0n) is 4.76. The van der Waals surface area contributed by atoms with Crippen LogP contribution in [0.4, 0.5) is 0 Å². The summed E-state index contributed by atoms with van der Waals surface area (Å²) < 4.78 is -1.54. The fraction of sp³-hybridized carbons (Fsp3) is 0.250. The van der Waals surface area contributed by atoms with Gasteiger partial charge in [0.05, 0.1) is 6.21 Å². The zero-order chi connectivity index (χ0) is 7.61. The van der Waals surface area contributed by atoms with E-state index in [1.165, 1.54) is 6.21 Å². The first-order valence-electron chi connectivity index (χ1n) is 2.43. The number of halogens is 3. The Morgan fingerprint density at radius 3 is 2.40 bits per heavy atom. The molecule has 1 N–H and O–H groups in total. The fourth-order valence-corrected chi connectivity index (χ4v) is 0.711. The van der Waals surface area contributed by atoms with Crippen LogP contribution in [0.15, 0.2) is 17.4 Å². The smallest absolute Gasteiger partial charge is 0.286 e. The summed E-state index contributed by atoms with van der Waals surface area (Å²) >= 11 is 16.4. The molecule has 1 heterocycles. The third-order valence-corrected chi connectivity index (χ3v) is 1.28. The summed E-state index contributed by atoms with van der Waals surface area (Å²) in [5.74, 6) is 0. The van der Waals surface area contributed by atoms with Crippen molar-refractivity contribution in [1.82, 2.24) is 10.5 Å². The molecular weight excluding hydrogens is 196 g/mol. The normalized spacial score (nSPS) is 17.3. The first-order chi connectivity index (χ1) is 4.61. The second-order valence-electron chi connectivity index (χ2n) is 1.53. The van der Waals surface area contributed by atoms with Crippen molar-refractivity contribution in [3.63, 3.8) is 0 Å². The van der Waals surface area contributed by atoms with Crippen molar-refractivity contribution in [3.8, 4) is 0 Å². The van der Waals surface area contributed by atoms with Crippen LogP contribution in [0, 0.1) is 0 Å². The van der Waals surface area contributed by atoms with Gasteiger partial charge in [-0.2, -0.15) is 10.2 Å². The second kappa shape index (κ2) is 2.86. The van der Waals surface area contributed by atoms with E-state index in [1.807, 2.05) is 0 Å². The van der Waals surface area contributed by atoms with Crippen molar-refractivity contribution in [2.45, 2.75) is 3.92 Å². The summed E-state index contributed by atoms with van der Waals surface area (Å²) in [5, 5.41) is 4.82. The molecule has 0 aromatic rings. The van der Waals surface area contributed by atoms with E-state index in [2.05, 4.69) is 10.5 Å². The first-order valence-corrected chi connectivity index (χ1v) is 3.56. The van der Waals surface area contributed by atoms with Gasteiger partial charge in [0.25, 0.3) is 0 Å². The third kappa shape index (κ3) is 1.94. The van der Waals surface area contributed by atoms with E-state index in [0.29, 0.717) is 0 Å². The molecule has 1 rings (SSSR count). The summed E-state index contributed by atoms with van der Waals surface area (Å²) in [5.41, 5.74) is 2.62. The Morgan fingerprint density at radius 2 is 2.10 bits per heavy atom. The van der Waals surface area contributed by atoms with Crippen LogP contribution in [-0.4, -0.2) is 15.2 Å². The maximum atomic E-state index is 5.46. The summed E-state index contributed by atoms with van der Waals surface area (Å²) in [4.78, 5) is 0. The van der Waals surface area contributed by atoms with Gasteiger partial charge in [0.2, 0.25) is 0 Å². The molecule has 0 amide bonds. The Morgan fingerprint density at radius 1 is 1.40 bits per heavy atom. The predicted molar refractivity (Wildman–Crippen MR) is 42.9 cm³/mol. The van der Waals surface area contributed by atoms with Gasteiger partial charge in [-0.1, -0.05) is 34.8 Å². The van der Waals surface area contributed by atoms with Gasteiger partial charge >= 0.3 is 3.92 Å². The summed E-state index contributed by atoms with van der Waals surface area (Å²) in [7, 11) is 0. The number of nitrogens with zero attached hydrogens (tertiary/aromatic N) is 2. The van der Waals surface area contributed by atoms with Gasteiger partial charge in [0.15, 0.2) is 0 Å². The number of allylic oxidation sites excluding steroid dienone is 1. The van der Waals surface area contributed by atoms with E-state index >= 15 is 0 Å². The highest BCUT2D eigenvalue weighted by molar-refractivity contribution is 6.67. The van der Waals surface area contributed by atoms with Gasteiger partial charge in [-0.05, 0) is 6.08 Å². The third-order valence-electron chi connectivity index (χ3n) is 0.801. The molecule has 1 aliphatic rings. The first kappa shape index (κ1) is 7.98. The lowest BCUT2D eigenvalue weighted by molar-refractivity contribution is 0.230. The highest BCUT2D eigenvalue weighted by Crippen LogP contribution is 2.29. The van der Waals surface area contributed by atoms with Crippen LogP contribution in [0.1, 0.15) is 0 Å². The highest BCUT2D eigenvalue weighted by atomic mass is 35.6. The van der Waals surface area contributed by atoms with E-state index in [9.17, 15) is 0 Å². The number of rotatable bonds is 0. The molecule has 0 saturated carbocycles. The number of alkyl halides is 3. The van der Waals surface area contributed by atoms with E-state index < -0.39 is 3.92 Å². The lowest BCUT2D eigenvalue weighted by Crippen LogP contribution is -2.40. The molecule has 0 aromatic heterocycles. The Kier molecular flexibility index (Phi) is 2.28. The molecule has 1 aliphatic heterocycles. The zero-order valence-corrected chi connectivity index (χ0v) is 7.03. The highest BCUT2D eigenvalue weighted by Gasteiger charge is 2.28. The molecule has 0 fully saturated rings. The average molecular weight is 200 g/mol. The molecular formula is C4H4Cl3N3. The van der Waals surface area contributed by atoms with Crippen LogP contribution < -0.4 is 5.43 Å². The molecule has 0 aromatic carbocycles. The van der Waals surface area contributed by atoms with E-state index in [0.717, 1.165) is 5.12 Å². The number of nitrogens with one attached hydrogen (secondary N) is 1. The van der Waals surface area contributed by atoms with Crippen molar-refractivity contribution in [2.75, 3.05) is 0 Å². The molecule has 0 bridgehead atoms. The minimum absolute atomic E-state index is 1.11. The Hall–Kier alpha value is -0.120. The minimum atomic E-state index is -1.54. The standard InChI is InChI=1S/C4H4Cl3N3/c5-4(6,7)10-8-2-1-3-9-10/h1-3,8H. The Labute approximate surface area is 73.2 Å². The second-order valence-corrected chi connectivity index (χ2v) is 3.75. The van der Waals surface area contributed by atoms with Crippen molar-refractivity contribution < 1.29 is 0 Å². The van der Waals surface area contributed by atoms with Crippen molar-refractivity contribution in [3.05, 3.63) is 12.3 Å². The molecule has 0 spiro atoms. The van der Waals surface area contributed by atoms with Gasteiger partial charge < -0.3 is 0 Å². The topological polar surface area (TPSA) is 27.6 Å². The SMILES string of the molecule is ClC(Cl)(Cl)N1N=CC=CN1. The summed E-state index contributed by atoms with van der Waals surface area (Å²) in [6.45, 7) is 0. The van der Waals surface area contributed by atoms with E-state index in [-0.39, 0.29) is 0 Å². The number of hydrogen-bond acceptors (Lipinski definition) is 3. The largest absolute Gasteiger partial charge is 0.301 e. The van der Waals surface area contributed by atoms with E-state index in [1.54, 1.807) is 12.3 Å². The monoisotopic (exact) mass is 199 g/mol. The fourth-order valence-electron chi connectivity index (χ4n) is 0.434. The van der Waals surface area contributed by atoms with Gasteiger partial charge in [0.1, 0.15) is 0 Å². The molecule has 0 aliphatic carbocycles. The lowest BCUT2D eigenvalue weighted by atomic mass is 10.6. The maximum absolute atomic E-state index is 5.46. The minimum Gasteiger partial charge on any atom is -0.286 e. The predicted octanol–water partition coefficient (Wildman–Crippen LogP) is 1.63. The quantitative estimate of drug-likeness (QED) is 0.475. The van der Waals surface area contributed by atoms with Crippen LogP contribution >= 0.6 is 34.8 Å². The Bertz CT molecular complexity index is 171. The van der Waals surface area contributed by atoms with Crippen LogP contribution in [0.3, 0.4) is 0 Å². The van der Waals surface area contributed by atoms with Crippen LogP contribution in [0.25, 0.3) is 0 Å². The lowest BCUT2D eigenvalue weighted by Gasteiger charge is -2.26. The number of hydrazine groups is 1. The maximum Gasteiger partial charge on any atom is 0.301 e. The summed E-state index contributed by atoms with van der Waals surface area (Å²) in [6.07, 6.45) is 4.81. The van der Waals surface area contributed by atoms with Crippen molar-refractivity contribution >= 4 is 41.0 Å². The van der Waals surface area contributed by atoms with Gasteiger partial charge in [-0.3, -0.25) is 5.43 Å². The average Bonchev–Trinajstić information content (AvgIpc) is 1.88. The molecule has 0 atom stereocenters. The van der Waals surface area contributed by atoms with Gasteiger partial charge in [-0.25, -0.2) is 0 Å². The molecule has 0 radical (unpaired) electrons. The summed E-state index contributed by atoms with van der Waals surface area (Å²) in [6, 6.07) is 0. The molecule has 0 saturated heterocycles. The van der Waals surface area contributed by atoms with E-state index in [4.69, 9.17) is 34.8 Å². The Balaban J connectivity index is 2.60. The number of hydrogen-bond donors (Lipinski definition) is 1. The molecule has 3 nitrogen and oxygen atoms in total. The van der Waals surface area contributed by atoms with Crippen LogP contribution in [-0.2, 0) is 0 Å². The van der Waals surface area contributed by atoms with Crippen LogP contribution in [0.2, 0.25) is 0 Å². The van der Waals surface area contributed by atoms with Gasteiger partial charge in [0, 0.05) is 6.20 Å². The van der Waals surface area contributed by atoms with Crippen LogP contribution in [0.5, 0.6) is 0 Å². The van der Waals surface area contributed by atoms with Crippen molar-refractivity contribution in [1.29, 1.82) is 0 Å². The van der Waals surface area contributed by atoms with Crippen molar-refractivity contribution in [2.24, 2.45) is 5.10 Å². The van der Waals surface area contributed by atoms with Gasteiger partial charge in [-0.15, -0.1) is 0 Å².